The summed E-state index contributed by atoms with van der Waals surface area (Å²) in [5.74, 6) is 0.478. The minimum Gasteiger partial charge on any atom is -0.398 e. The summed E-state index contributed by atoms with van der Waals surface area (Å²) in [6.45, 7) is 3.57. The molecular formula is C15H21N3O4S2. The van der Waals surface area contributed by atoms with Crippen LogP contribution in [-0.2, 0) is 19.2 Å². The van der Waals surface area contributed by atoms with Gasteiger partial charge in [0.05, 0.1) is 0 Å². The lowest BCUT2D eigenvalue weighted by Crippen LogP contribution is -2.70. The number of hydrogen-bond acceptors (Lipinski definition) is 7. The Morgan fingerprint density at radius 3 is 2.79 bits per heavy atom. The maximum atomic E-state index is 12.4. The SMILES string of the molecule is CCC(=O)/C(=N\OC)C(=O)NC1C(=O)N2C(C)=C(CSC)CSC12. The molecule has 2 rings (SSSR count). The van der Waals surface area contributed by atoms with Crippen LogP contribution < -0.4 is 5.32 Å². The second kappa shape index (κ2) is 8.06. The highest BCUT2D eigenvalue weighted by Gasteiger charge is 2.51. The Labute approximate surface area is 149 Å². The molecule has 0 aromatic carbocycles. The summed E-state index contributed by atoms with van der Waals surface area (Å²) in [6, 6.07) is -0.639. The molecule has 2 atom stereocenters. The zero-order valence-corrected chi connectivity index (χ0v) is 15.8. The minimum atomic E-state index is -0.668. The van der Waals surface area contributed by atoms with E-state index >= 15 is 0 Å². The number of nitrogens with zero attached hydrogens (tertiary/aromatic N) is 2. The van der Waals surface area contributed by atoms with Crippen LogP contribution in [0.2, 0.25) is 0 Å². The molecule has 1 N–H and O–H groups in total. The van der Waals surface area contributed by atoms with Crippen molar-refractivity contribution in [3.8, 4) is 0 Å². The summed E-state index contributed by atoms with van der Waals surface area (Å²) in [7, 11) is 1.27. The summed E-state index contributed by atoms with van der Waals surface area (Å²) in [6.07, 6.45) is 2.16. The highest BCUT2D eigenvalue weighted by Crippen LogP contribution is 2.40. The average molecular weight is 371 g/mol. The van der Waals surface area contributed by atoms with Gasteiger partial charge in [0.25, 0.3) is 11.8 Å². The number of Topliss-reactive ketones (excluding diaryl/α,β-unsaturated/α-hetero) is 1. The number of oxime groups is 1. The van der Waals surface area contributed by atoms with Crippen LogP contribution in [0.1, 0.15) is 20.3 Å². The smallest absolute Gasteiger partial charge is 0.277 e. The van der Waals surface area contributed by atoms with Crippen molar-refractivity contribution >= 4 is 46.8 Å². The lowest BCUT2D eigenvalue weighted by atomic mass is 10.0. The molecule has 7 nitrogen and oxygen atoms in total. The van der Waals surface area contributed by atoms with Crippen LogP contribution in [0.15, 0.2) is 16.4 Å². The Morgan fingerprint density at radius 2 is 2.21 bits per heavy atom. The summed E-state index contributed by atoms with van der Waals surface area (Å²) in [4.78, 5) is 42.8. The standard InChI is InChI=1S/C15H21N3O4S2/c1-5-10(19)11(17-22-3)13(20)16-12-14(21)18-8(2)9(6-23-4)7-24-15(12)18/h12,15H,5-7H2,1-4H3,(H,16,20)/b17-11+. The topological polar surface area (TPSA) is 88.1 Å². The molecule has 1 fully saturated rings. The van der Waals surface area contributed by atoms with E-state index in [1.54, 1.807) is 35.3 Å². The third-order valence-corrected chi connectivity index (χ3v) is 5.91. The number of thioether (sulfide) groups is 2. The van der Waals surface area contributed by atoms with Crippen LogP contribution in [0.25, 0.3) is 0 Å². The van der Waals surface area contributed by atoms with Gasteiger partial charge in [0.15, 0.2) is 5.78 Å². The van der Waals surface area contributed by atoms with E-state index in [9.17, 15) is 14.4 Å². The Kier molecular flexibility index (Phi) is 6.34. The molecule has 2 amide bonds. The van der Waals surface area contributed by atoms with Crippen LogP contribution in [-0.4, -0.2) is 64.5 Å². The van der Waals surface area contributed by atoms with E-state index in [-0.39, 0.29) is 23.4 Å². The van der Waals surface area contributed by atoms with Crippen molar-refractivity contribution in [3.05, 3.63) is 11.3 Å². The fraction of sp³-hybridized carbons (Fsp3) is 0.600. The van der Waals surface area contributed by atoms with E-state index in [4.69, 9.17) is 0 Å². The molecular weight excluding hydrogens is 350 g/mol. The molecule has 2 heterocycles. The van der Waals surface area contributed by atoms with Gasteiger partial charge in [-0.15, -0.1) is 11.8 Å². The minimum absolute atomic E-state index is 0.132. The number of β-lactam (4-membered cyclic amide) rings is 1. The molecule has 2 unspecified atom stereocenters. The van der Waals surface area contributed by atoms with Crippen molar-refractivity contribution in [3.63, 3.8) is 0 Å². The molecule has 0 aromatic heterocycles. The second-order valence-electron chi connectivity index (χ2n) is 5.38. The Hall–Kier alpha value is -1.48. The van der Waals surface area contributed by atoms with Gasteiger partial charge in [-0.05, 0) is 18.8 Å². The average Bonchev–Trinajstić information content (AvgIpc) is 2.58. The number of hydrogen-bond donors (Lipinski definition) is 1. The predicted molar refractivity (Wildman–Crippen MR) is 95.8 cm³/mol. The molecule has 0 radical (unpaired) electrons. The molecule has 2 aliphatic rings. The zero-order chi connectivity index (χ0) is 17.9. The third-order valence-electron chi connectivity index (χ3n) is 3.93. The fourth-order valence-corrected chi connectivity index (χ4v) is 4.85. The second-order valence-corrected chi connectivity index (χ2v) is 7.35. The third kappa shape index (κ3) is 3.46. The van der Waals surface area contributed by atoms with E-state index in [2.05, 4.69) is 15.3 Å². The Balaban J connectivity index is 2.09. The van der Waals surface area contributed by atoms with Crippen molar-refractivity contribution in [2.75, 3.05) is 24.9 Å². The number of amides is 2. The molecule has 2 aliphatic heterocycles. The maximum absolute atomic E-state index is 12.4. The van der Waals surface area contributed by atoms with Gasteiger partial charge in [-0.25, -0.2) is 0 Å². The number of carbonyl (C=O) groups excluding carboxylic acids is 3. The number of ketones is 1. The molecule has 0 aliphatic carbocycles. The van der Waals surface area contributed by atoms with Crippen molar-refractivity contribution in [2.24, 2.45) is 5.16 Å². The first kappa shape index (κ1) is 18.9. The lowest BCUT2D eigenvalue weighted by Gasteiger charge is -2.50. The molecule has 0 aromatic rings. The number of allylic oxidation sites excluding steroid dienone is 1. The molecule has 1 saturated heterocycles. The van der Waals surface area contributed by atoms with Crippen molar-refractivity contribution in [1.29, 1.82) is 0 Å². The van der Waals surface area contributed by atoms with E-state index in [1.165, 1.54) is 12.7 Å². The van der Waals surface area contributed by atoms with Gasteiger partial charge in [0.1, 0.15) is 18.5 Å². The highest BCUT2D eigenvalue weighted by molar-refractivity contribution is 8.00. The highest BCUT2D eigenvalue weighted by atomic mass is 32.2. The monoisotopic (exact) mass is 371 g/mol. The van der Waals surface area contributed by atoms with Gasteiger partial charge in [-0.2, -0.15) is 11.8 Å². The molecule has 9 heteroatoms. The molecule has 0 saturated carbocycles. The quantitative estimate of drug-likeness (QED) is 0.311. The Morgan fingerprint density at radius 1 is 1.50 bits per heavy atom. The van der Waals surface area contributed by atoms with E-state index in [1.807, 2.05) is 13.2 Å². The number of rotatable bonds is 7. The van der Waals surface area contributed by atoms with Gasteiger partial charge < -0.3 is 10.2 Å². The summed E-state index contributed by atoms with van der Waals surface area (Å²) < 4.78 is 0. The summed E-state index contributed by atoms with van der Waals surface area (Å²) in [5, 5.41) is 5.99. The zero-order valence-electron chi connectivity index (χ0n) is 14.1. The molecule has 0 spiro atoms. The van der Waals surface area contributed by atoms with Gasteiger partial charge in [0, 0.05) is 23.6 Å². The summed E-state index contributed by atoms with van der Waals surface area (Å²) >= 11 is 3.34. The van der Waals surface area contributed by atoms with Gasteiger partial charge in [0.2, 0.25) is 5.71 Å². The first-order valence-electron chi connectivity index (χ1n) is 7.53. The van der Waals surface area contributed by atoms with Gasteiger partial charge >= 0.3 is 0 Å². The van der Waals surface area contributed by atoms with Crippen molar-refractivity contribution in [1.82, 2.24) is 10.2 Å². The van der Waals surface area contributed by atoms with Crippen LogP contribution >= 0.6 is 23.5 Å². The molecule has 0 bridgehead atoms. The molecule has 132 valence electrons. The largest absolute Gasteiger partial charge is 0.398 e. The number of carbonyl (C=O) groups is 3. The lowest BCUT2D eigenvalue weighted by molar-refractivity contribution is -0.145. The maximum Gasteiger partial charge on any atom is 0.277 e. The van der Waals surface area contributed by atoms with Crippen LogP contribution in [0.3, 0.4) is 0 Å². The number of nitrogens with one attached hydrogen (secondary N) is 1. The van der Waals surface area contributed by atoms with E-state index < -0.39 is 17.7 Å². The van der Waals surface area contributed by atoms with Gasteiger partial charge in [-0.1, -0.05) is 12.1 Å². The first-order chi connectivity index (χ1) is 11.5. The van der Waals surface area contributed by atoms with Crippen LogP contribution in [0.4, 0.5) is 0 Å². The molecule has 24 heavy (non-hydrogen) atoms. The fourth-order valence-electron chi connectivity index (χ4n) is 2.59. The van der Waals surface area contributed by atoms with Crippen LogP contribution in [0.5, 0.6) is 0 Å². The normalized spacial score (nSPS) is 23.6. The van der Waals surface area contributed by atoms with Crippen molar-refractivity contribution in [2.45, 2.75) is 31.7 Å². The number of fused-ring (bicyclic) bond motifs is 1. The van der Waals surface area contributed by atoms with E-state index in [0.29, 0.717) is 0 Å². The van der Waals surface area contributed by atoms with E-state index in [0.717, 1.165) is 17.2 Å². The van der Waals surface area contributed by atoms with Crippen LogP contribution in [0, 0.1) is 0 Å². The predicted octanol–water partition coefficient (Wildman–Crippen LogP) is 1.00. The summed E-state index contributed by atoms with van der Waals surface area (Å²) in [5.41, 5.74) is 1.91. The van der Waals surface area contributed by atoms with Gasteiger partial charge in [-0.3, -0.25) is 19.3 Å². The first-order valence-corrected chi connectivity index (χ1v) is 9.97. The Bertz CT molecular complexity index is 618. The van der Waals surface area contributed by atoms with Crippen molar-refractivity contribution < 1.29 is 19.2 Å².